The van der Waals surface area contributed by atoms with Gasteiger partial charge in [0.1, 0.15) is 0 Å². The number of benzene rings is 2. The van der Waals surface area contributed by atoms with Crippen LogP contribution in [0.15, 0.2) is 42.5 Å². The number of hydrogen-bond donors (Lipinski definition) is 3. The zero-order chi connectivity index (χ0) is 30.4. The highest BCUT2D eigenvalue weighted by Crippen LogP contribution is 2.39. The molecule has 0 radical (unpaired) electrons. The van der Waals surface area contributed by atoms with Crippen LogP contribution in [-0.4, -0.2) is 40.5 Å². The number of rotatable bonds is 8. The molecule has 3 amide bonds. The van der Waals surface area contributed by atoms with E-state index < -0.39 is 35.2 Å². The lowest BCUT2D eigenvalue weighted by Gasteiger charge is -2.41. The first-order valence-electron chi connectivity index (χ1n) is 13.5. The molecule has 0 unspecified atom stereocenters. The largest absolute Gasteiger partial charge is 0.481 e. The van der Waals surface area contributed by atoms with Crippen molar-refractivity contribution in [1.29, 1.82) is 5.26 Å². The van der Waals surface area contributed by atoms with Crippen LogP contribution in [0.1, 0.15) is 79.9 Å². The molecule has 0 heterocycles. The first-order valence-corrected chi connectivity index (χ1v) is 13.5. The van der Waals surface area contributed by atoms with Crippen molar-refractivity contribution in [3.05, 3.63) is 64.7 Å². The van der Waals surface area contributed by atoms with Crippen molar-refractivity contribution in [3.63, 3.8) is 0 Å². The average molecular weight is 573 g/mol. The van der Waals surface area contributed by atoms with E-state index in [9.17, 15) is 27.6 Å². The minimum atomic E-state index is -4.75. The van der Waals surface area contributed by atoms with Gasteiger partial charge in [-0.2, -0.15) is 18.4 Å². The molecule has 11 heteroatoms. The summed E-state index contributed by atoms with van der Waals surface area (Å²) < 4.78 is 40.5. The number of nitrogens with one attached hydrogen (secondary N) is 2. The van der Waals surface area contributed by atoms with Crippen molar-refractivity contribution in [1.82, 2.24) is 10.2 Å². The monoisotopic (exact) mass is 572 g/mol. The Hall–Kier alpha value is -4.07. The van der Waals surface area contributed by atoms with E-state index in [1.54, 1.807) is 29.2 Å². The van der Waals surface area contributed by atoms with Gasteiger partial charge in [-0.3, -0.25) is 9.59 Å². The van der Waals surface area contributed by atoms with Crippen molar-refractivity contribution in [2.24, 2.45) is 11.3 Å². The summed E-state index contributed by atoms with van der Waals surface area (Å²) in [4.78, 5) is 38.1. The van der Waals surface area contributed by atoms with Crippen molar-refractivity contribution in [2.75, 3.05) is 11.9 Å². The number of anilines is 1. The summed E-state index contributed by atoms with van der Waals surface area (Å²) in [5, 5.41) is 22.9. The molecule has 220 valence electrons. The highest BCUT2D eigenvalue weighted by Gasteiger charge is 2.36. The van der Waals surface area contributed by atoms with Gasteiger partial charge >= 0.3 is 18.2 Å². The van der Waals surface area contributed by atoms with Crippen molar-refractivity contribution in [2.45, 2.75) is 71.6 Å². The molecule has 1 saturated carbocycles. The predicted molar refractivity (Wildman–Crippen MR) is 147 cm³/mol. The summed E-state index contributed by atoms with van der Waals surface area (Å²) in [6.07, 6.45) is -1.67. The minimum Gasteiger partial charge on any atom is -0.481 e. The Morgan fingerprint density at radius 2 is 1.66 bits per heavy atom. The Balaban J connectivity index is 1.80. The first kappa shape index (κ1) is 31.5. The third-order valence-electron chi connectivity index (χ3n) is 7.51. The quantitative estimate of drug-likeness (QED) is 0.337. The Morgan fingerprint density at radius 1 is 1.02 bits per heavy atom. The van der Waals surface area contributed by atoms with E-state index in [0.29, 0.717) is 11.5 Å². The second kappa shape index (κ2) is 13.1. The van der Waals surface area contributed by atoms with Crippen LogP contribution in [0.25, 0.3) is 0 Å². The number of carbonyl (C=O) groups is 3. The third-order valence-corrected chi connectivity index (χ3v) is 7.51. The van der Waals surface area contributed by atoms with Crippen LogP contribution in [-0.2, 0) is 17.5 Å². The Bertz CT molecular complexity index is 1290. The Labute approximate surface area is 237 Å². The molecule has 0 aliphatic heterocycles. The lowest BCUT2D eigenvalue weighted by Crippen LogP contribution is -2.45. The maximum atomic E-state index is 13.5. The van der Waals surface area contributed by atoms with E-state index in [2.05, 4.69) is 31.4 Å². The van der Waals surface area contributed by atoms with Gasteiger partial charge in [-0.1, -0.05) is 32.9 Å². The van der Waals surface area contributed by atoms with Crippen LogP contribution >= 0.6 is 0 Å². The molecule has 41 heavy (non-hydrogen) atoms. The second-order valence-electron chi connectivity index (χ2n) is 11.4. The number of alkyl halides is 3. The molecule has 1 aliphatic carbocycles. The normalized spacial score (nSPS) is 17.3. The van der Waals surface area contributed by atoms with E-state index in [4.69, 9.17) is 10.4 Å². The summed E-state index contributed by atoms with van der Waals surface area (Å²) in [5.41, 5.74) is -0.542. The van der Waals surface area contributed by atoms with E-state index in [-0.39, 0.29) is 36.7 Å². The molecular weight excluding hydrogens is 537 g/mol. The van der Waals surface area contributed by atoms with Gasteiger partial charge in [0.2, 0.25) is 0 Å². The molecule has 0 atom stereocenters. The van der Waals surface area contributed by atoms with Crippen LogP contribution in [0.3, 0.4) is 0 Å². The first-order chi connectivity index (χ1) is 19.2. The van der Waals surface area contributed by atoms with E-state index in [1.165, 1.54) is 12.1 Å². The van der Waals surface area contributed by atoms with Gasteiger partial charge in [-0.05, 0) is 72.9 Å². The van der Waals surface area contributed by atoms with Gasteiger partial charge in [0.25, 0.3) is 5.91 Å². The van der Waals surface area contributed by atoms with Crippen molar-refractivity contribution >= 4 is 23.6 Å². The van der Waals surface area contributed by atoms with Gasteiger partial charge in [0.05, 0.1) is 23.6 Å². The number of carbonyl (C=O) groups excluding carboxylic acids is 2. The molecule has 0 spiro atoms. The van der Waals surface area contributed by atoms with Gasteiger partial charge < -0.3 is 20.6 Å². The standard InChI is InChI=1S/C30H35F3N4O4/c1-29(2,3)22-9-12-24(13-10-22)37(18-19-4-6-20(7-5-19)27(40)35-15-14-26(38)39)28(41)36-23-11-8-21(17-34)25(16-23)30(31,32)33/h4-8,11,16,22,24H,9-10,12-15,18H2,1-3H3,(H,35,40)(H,36,41)(H,38,39). The summed E-state index contributed by atoms with van der Waals surface area (Å²) in [7, 11) is 0. The predicted octanol–water partition coefficient (Wildman–Crippen LogP) is 6.42. The SMILES string of the molecule is CC(C)(C)C1CCC(N(Cc2ccc(C(=O)NCCC(=O)O)cc2)C(=O)Nc2ccc(C#N)c(C(F)(F)F)c2)CC1. The summed E-state index contributed by atoms with van der Waals surface area (Å²) in [6.45, 7) is 6.72. The second-order valence-corrected chi connectivity index (χ2v) is 11.4. The van der Waals surface area contributed by atoms with Gasteiger partial charge in [0, 0.05) is 30.4 Å². The maximum absolute atomic E-state index is 13.5. The molecule has 0 bridgehead atoms. The number of carboxylic acid groups (broad SMARTS) is 1. The Kier molecular flexibility index (Phi) is 10.0. The van der Waals surface area contributed by atoms with E-state index >= 15 is 0 Å². The fourth-order valence-corrected chi connectivity index (χ4v) is 5.11. The minimum absolute atomic E-state index is 0.00743. The number of nitrogens with zero attached hydrogens (tertiary/aromatic N) is 2. The molecule has 1 fully saturated rings. The smallest absolute Gasteiger partial charge is 0.417 e. The highest BCUT2D eigenvalue weighted by atomic mass is 19.4. The van der Waals surface area contributed by atoms with Crippen molar-refractivity contribution < 1.29 is 32.7 Å². The number of hydrogen-bond acceptors (Lipinski definition) is 4. The zero-order valence-electron chi connectivity index (χ0n) is 23.3. The fraction of sp³-hybridized carbons (Fsp3) is 0.467. The van der Waals surface area contributed by atoms with Crippen LogP contribution in [0.5, 0.6) is 0 Å². The maximum Gasteiger partial charge on any atom is 0.417 e. The van der Waals surface area contributed by atoms with Crippen LogP contribution in [0, 0.1) is 22.7 Å². The fourth-order valence-electron chi connectivity index (χ4n) is 5.11. The van der Waals surface area contributed by atoms with Crippen LogP contribution in [0.4, 0.5) is 23.7 Å². The molecular formula is C30H35F3N4O4. The number of halogens is 3. The molecule has 1 aliphatic rings. The van der Waals surface area contributed by atoms with Gasteiger partial charge in [-0.25, -0.2) is 4.79 Å². The van der Waals surface area contributed by atoms with Crippen molar-refractivity contribution in [3.8, 4) is 6.07 Å². The lowest BCUT2D eigenvalue weighted by atomic mass is 9.71. The molecule has 0 saturated heterocycles. The Morgan fingerprint density at radius 3 is 2.20 bits per heavy atom. The third kappa shape index (κ3) is 8.71. The molecule has 2 aromatic carbocycles. The lowest BCUT2D eigenvalue weighted by molar-refractivity contribution is -0.138. The summed E-state index contributed by atoms with van der Waals surface area (Å²) >= 11 is 0. The van der Waals surface area contributed by atoms with Crippen LogP contribution in [0.2, 0.25) is 0 Å². The van der Waals surface area contributed by atoms with Gasteiger partial charge in [0.15, 0.2) is 0 Å². The number of aliphatic carboxylic acids is 1. The summed E-state index contributed by atoms with van der Waals surface area (Å²) in [6, 6.07) is 10.5. The molecule has 0 aromatic heterocycles. The summed E-state index contributed by atoms with van der Waals surface area (Å²) in [5.74, 6) is -0.962. The van der Waals surface area contributed by atoms with Gasteiger partial charge in [-0.15, -0.1) is 0 Å². The number of urea groups is 1. The topological polar surface area (TPSA) is 123 Å². The van der Waals surface area contributed by atoms with E-state index in [1.807, 2.05) is 0 Å². The molecule has 8 nitrogen and oxygen atoms in total. The highest BCUT2D eigenvalue weighted by molar-refractivity contribution is 5.94. The molecule has 3 N–H and O–H groups in total. The zero-order valence-corrected chi connectivity index (χ0v) is 23.3. The average Bonchev–Trinajstić information content (AvgIpc) is 2.90. The molecule has 3 rings (SSSR count). The van der Waals surface area contributed by atoms with E-state index in [0.717, 1.165) is 43.4 Å². The molecule has 2 aromatic rings. The number of amides is 3. The number of nitriles is 1. The van der Waals surface area contributed by atoms with Crippen LogP contribution < -0.4 is 10.6 Å². The number of carboxylic acids is 1.